The Morgan fingerprint density at radius 3 is 2.70 bits per heavy atom. The maximum Gasteiger partial charge on any atom is 0.435 e. The highest BCUT2D eigenvalue weighted by Gasteiger charge is 2.33. The first kappa shape index (κ1) is 22.8. The number of pyridine rings is 2. The van der Waals surface area contributed by atoms with E-state index in [1.165, 1.54) is 24.3 Å². The summed E-state index contributed by atoms with van der Waals surface area (Å²) in [6.45, 7) is 2.58. The molecule has 0 aliphatic carbocycles. The number of hydrogen-bond acceptors (Lipinski definition) is 8. The zero-order valence-electron chi connectivity index (χ0n) is 17.9. The van der Waals surface area contributed by atoms with Crippen molar-refractivity contribution < 1.29 is 27.4 Å². The molecule has 12 heteroatoms. The third kappa shape index (κ3) is 4.57. The number of amides is 1. The van der Waals surface area contributed by atoms with Gasteiger partial charge in [0.25, 0.3) is 5.91 Å². The molecular formula is C21H21F3N6O3. The van der Waals surface area contributed by atoms with E-state index >= 15 is 0 Å². The average molecular weight is 462 g/mol. The van der Waals surface area contributed by atoms with Crippen molar-refractivity contribution in [1.29, 1.82) is 0 Å². The summed E-state index contributed by atoms with van der Waals surface area (Å²) in [5.74, 6) is -0.0697. The molecule has 9 nitrogen and oxygen atoms in total. The fraction of sp³-hybridized carbons (Fsp3) is 0.381. The van der Waals surface area contributed by atoms with Gasteiger partial charge in [-0.1, -0.05) is 0 Å². The van der Waals surface area contributed by atoms with Gasteiger partial charge in [-0.05, 0) is 30.7 Å². The molecule has 1 unspecified atom stereocenters. The second-order valence-corrected chi connectivity index (χ2v) is 7.68. The normalized spacial score (nSPS) is 14.3. The molecular weight excluding hydrogens is 441 g/mol. The minimum Gasteiger partial charge on any atom is -0.383 e. The number of alkyl halides is 3. The van der Waals surface area contributed by atoms with Crippen LogP contribution in [0.4, 0.5) is 19.0 Å². The Balaban J connectivity index is 1.67. The van der Waals surface area contributed by atoms with Crippen LogP contribution in [0.2, 0.25) is 0 Å². The maximum absolute atomic E-state index is 13.4. The van der Waals surface area contributed by atoms with Crippen LogP contribution in [0.15, 0.2) is 24.4 Å². The number of carbonyl (C=O) groups excluding carboxylic acids is 1. The van der Waals surface area contributed by atoms with Gasteiger partial charge in [0.2, 0.25) is 0 Å². The first-order chi connectivity index (χ1) is 15.7. The lowest BCUT2D eigenvalue weighted by atomic mass is 10.1. The van der Waals surface area contributed by atoms with Gasteiger partial charge in [-0.15, -0.1) is 5.10 Å². The van der Waals surface area contributed by atoms with Crippen LogP contribution in [0.25, 0.3) is 10.9 Å². The third-order valence-corrected chi connectivity index (χ3v) is 5.38. The van der Waals surface area contributed by atoms with Crippen LogP contribution in [0.3, 0.4) is 0 Å². The monoisotopic (exact) mass is 462 g/mol. The predicted octanol–water partition coefficient (Wildman–Crippen LogP) is 2.73. The van der Waals surface area contributed by atoms with Crippen molar-refractivity contribution in [2.24, 2.45) is 0 Å². The number of anilines is 1. The van der Waals surface area contributed by atoms with E-state index in [2.05, 4.69) is 20.2 Å². The first-order valence-electron chi connectivity index (χ1n) is 10.0. The molecule has 0 bridgehead atoms. The van der Waals surface area contributed by atoms with E-state index in [0.717, 1.165) is 17.2 Å². The number of nitrogens with zero attached hydrogens (tertiary/aromatic N) is 5. The lowest BCUT2D eigenvalue weighted by Gasteiger charge is -2.28. The van der Waals surface area contributed by atoms with Crippen molar-refractivity contribution in [3.05, 3.63) is 52.6 Å². The molecule has 1 amide bonds. The van der Waals surface area contributed by atoms with Crippen LogP contribution in [-0.4, -0.2) is 50.7 Å². The van der Waals surface area contributed by atoms with Crippen LogP contribution >= 0.6 is 0 Å². The number of nitrogen functional groups attached to an aromatic ring is 1. The molecule has 3 aromatic rings. The topological polar surface area (TPSA) is 116 Å². The number of fused-ring (bicyclic) bond motifs is 3. The molecule has 33 heavy (non-hydrogen) atoms. The highest BCUT2D eigenvalue weighted by atomic mass is 19.4. The molecule has 1 aliphatic heterocycles. The quantitative estimate of drug-likeness (QED) is 0.595. The Bertz CT molecular complexity index is 1190. The second-order valence-electron chi connectivity index (χ2n) is 7.68. The summed E-state index contributed by atoms with van der Waals surface area (Å²) in [6.07, 6.45) is -3.13. The molecule has 4 rings (SSSR count). The van der Waals surface area contributed by atoms with Crippen molar-refractivity contribution in [2.75, 3.05) is 19.5 Å². The zero-order chi connectivity index (χ0) is 23.8. The number of halogens is 3. The van der Waals surface area contributed by atoms with Gasteiger partial charge in [0.1, 0.15) is 11.5 Å². The van der Waals surface area contributed by atoms with E-state index in [1.54, 1.807) is 13.0 Å². The van der Waals surface area contributed by atoms with Crippen LogP contribution in [0.5, 0.6) is 0 Å². The molecule has 0 aromatic carbocycles. The Morgan fingerprint density at radius 1 is 1.27 bits per heavy atom. The summed E-state index contributed by atoms with van der Waals surface area (Å²) in [5.41, 5.74) is 7.42. The van der Waals surface area contributed by atoms with Crippen molar-refractivity contribution in [3.63, 3.8) is 0 Å². The third-order valence-electron chi connectivity index (χ3n) is 5.38. The van der Waals surface area contributed by atoms with Gasteiger partial charge in [0.15, 0.2) is 5.69 Å². The molecule has 0 spiro atoms. The molecule has 0 radical (unpaired) electrons. The van der Waals surface area contributed by atoms with Crippen molar-refractivity contribution in [2.45, 2.75) is 38.9 Å². The number of nitrogens with two attached hydrogens (primary N) is 1. The smallest absolute Gasteiger partial charge is 0.383 e. The number of hydrogen-bond donors (Lipinski definition) is 1. The van der Waals surface area contributed by atoms with Gasteiger partial charge in [-0.2, -0.15) is 18.3 Å². The van der Waals surface area contributed by atoms with E-state index in [-0.39, 0.29) is 24.5 Å². The van der Waals surface area contributed by atoms with Crippen LogP contribution < -0.4 is 5.73 Å². The summed E-state index contributed by atoms with van der Waals surface area (Å²) in [7, 11) is 1.49. The fourth-order valence-corrected chi connectivity index (χ4v) is 3.67. The zero-order valence-corrected chi connectivity index (χ0v) is 17.9. The van der Waals surface area contributed by atoms with Gasteiger partial charge >= 0.3 is 6.18 Å². The molecule has 1 atom stereocenters. The van der Waals surface area contributed by atoms with E-state index in [4.69, 9.17) is 15.2 Å². The molecule has 0 saturated carbocycles. The summed E-state index contributed by atoms with van der Waals surface area (Å²) in [5, 5.41) is 7.59. The molecule has 0 saturated heterocycles. The number of rotatable bonds is 6. The average Bonchev–Trinajstić information content (AvgIpc) is 3.28. The minimum atomic E-state index is -4.60. The van der Waals surface area contributed by atoms with Crippen molar-refractivity contribution in [3.8, 4) is 0 Å². The van der Waals surface area contributed by atoms with E-state index < -0.39 is 23.8 Å². The molecule has 174 valence electrons. The molecule has 1 aliphatic rings. The summed E-state index contributed by atoms with van der Waals surface area (Å²) < 4.78 is 49.0. The van der Waals surface area contributed by atoms with Crippen LogP contribution in [-0.2, 0) is 35.4 Å². The summed E-state index contributed by atoms with van der Waals surface area (Å²) in [4.78, 5) is 23.4. The fourth-order valence-electron chi connectivity index (χ4n) is 3.67. The SMILES string of the molecule is COCC(C)N(Cc1ccc(C(F)(F)F)nn1)C(=O)c1cc2c3c(c(N)nc2cn1)COC3. The standard InChI is InChI=1S/C21H21F3N6O3/c1-11(8-32-2)30(7-12-3-4-18(29-28-12)21(22,23)24)20(31)16-5-13-14-9-33-10-15(14)19(25)27-17(13)6-26-16/h3-6,11H,7-10H2,1-2H3,(H2,25,27). The largest absolute Gasteiger partial charge is 0.435 e. The summed E-state index contributed by atoms with van der Waals surface area (Å²) in [6, 6.07) is 3.24. The Morgan fingerprint density at radius 2 is 2.03 bits per heavy atom. The predicted molar refractivity (Wildman–Crippen MR) is 111 cm³/mol. The highest BCUT2D eigenvalue weighted by molar-refractivity contribution is 5.97. The van der Waals surface area contributed by atoms with Gasteiger partial charge in [-0.25, -0.2) is 9.97 Å². The highest BCUT2D eigenvalue weighted by Crippen LogP contribution is 2.31. The van der Waals surface area contributed by atoms with E-state index in [0.29, 0.717) is 29.9 Å². The van der Waals surface area contributed by atoms with Crippen molar-refractivity contribution in [1.82, 2.24) is 25.1 Å². The lowest BCUT2D eigenvalue weighted by molar-refractivity contribution is -0.141. The Labute approximate surface area is 186 Å². The number of methoxy groups -OCH3 is 1. The number of aromatic nitrogens is 4. The van der Waals surface area contributed by atoms with Crippen LogP contribution in [0.1, 0.15) is 39.9 Å². The number of carbonyl (C=O) groups is 1. The molecule has 3 aromatic heterocycles. The first-order valence-corrected chi connectivity index (χ1v) is 10.0. The van der Waals surface area contributed by atoms with Gasteiger partial charge in [0, 0.05) is 18.1 Å². The number of ether oxygens (including phenoxy) is 2. The minimum absolute atomic E-state index is 0.0740. The molecule has 2 N–H and O–H groups in total. The Kier molecular flexibility index (Phi) is 6.13. The van der Waals surface area contributed by atoms with Gasteiger partial charge in [-0.3, -0.25) is 4.79 Å². The lowest BCUT2D eigenvalue weighted by Crippen LogP contribution is -2.41. The summed E-state index contributed by atoms with van der Waals surface area (Å²) >= 11 is 0. The maximum atomic E-state index is 13.4. The van der Waals surface area contributed by atoms with Gasteiger partial charge in [0.05, 0.1) is 49.8 Å². The second kappa shape index (κ2) is 8.87. The van der Waals surface area contributed by atoms with Gasteiger partial charge < -0.3 is 20.1 Å². The van der Waals surface area contributed by atoms with E-state index in [9.17, 15) is 18.0 Å². The Hall–Kier alpha value is -3.38. The van der Waals surface area contributed by atoms with Crippen LogP contribution in [0, 0.1) is 0 Å². The van der Waals surface area contributed by atoms with Crippen molar-refractivity contribution >= 4 is 22.6 Å². The van der Waals surface area contributed by atoms with E-state index in [1.807, 2.05) is 0 Å². The molecule has 0 fully saturated rings. The molecule has 4 heterocycles.